The molecule has 1 saturated carbocycles. The first kappa shape index (κ1) is 17.9. The highest BCUT2D eigenvalue weighted by Gasteiger charge is 2.40. The predicted octanol–water partition coefficient (Wildman–Crippen LogP) is 6.35. The third kappa shape index (κ3) is 6.40. The Labute approximate surface area is 133 Å². The van der Waals surface area contributed by atoms with Gasteiger partial charge in [-0.25, -0.2) is 0 Å². The van der Waals surface area contributed by atoms with E-state index in [2.05, 4.69) is 22.6 Å². The molecule has 0 aromatic heterocycles. The highest BCUT2D eigenvalue weighted by molar-refractivity contribution is 14.1. The van der Waals surface area contributed by atoms with E-state index in [-0.39, 0.29) is 22.1 Å². The lowest BCUT2D eigenvalue weighted by atomic mass is 9.85. The fourth-order valence-electron chi connectivity index (χ4n) is 2.84. The van der Waals surface area contributed by atoms with Crippen LogP contribution in [0, 0.1) is 11.8 Å². The van der Waals surface area contributed by atoms with Gasteiger partial charge in [0.2, 0.25) is 0 Å². The standard InChI is InChI=1S/C14H23ClF3I/c1-2-11(14(16,17)18)9-12(15)13(19)8-10-6-4-3-5-7-10/h10-13H,2-9H2,1H3. The fraction of sp³-hybridized carbons (Fsp3) is 1.00. The smallest absolute Gasteiger partial charge is 0.171 e. The normalized spacial score (nSPS) is 23.1. The molecule has 0 bridgehead atoms. The first-order chi connectivity index (χ1) is 8.84. The van der Waals surface area contributed by atoms with Gasteiger partial charge in [-0.1, -0.05) is 61.6 Å². The molecule has 0 saturated heterocycles. The SMILES string of the molecule is CCC(CC(Cl)C(I)CC1CCCCC1)C(F)(F)F. The van der Waals surface area contributed by atoms with Gasteiger partial charge in [0, 0.05) is 9.30 Å². The molecule has 0 nitrogen and oxygen atoms in total. The zero-order valence-corrected chi connectivity index (χ0v) is 14.3. The van der Waals surface area contributed by atoms with Crippen molar-refractivity contribution in [2.75, 3.05) is 0 Å². The number of alkyl halides is 5. The average Bonchev–Trinajstić information content (AvgIpc) is 2.35. The molecule has 0 aliphatic heterocycles. The monoisotopic (exact) mass is 410 g/mol. The van der Waals surface area contributed by atoms with Crippen molar-refractivity contribution < 1.29 is 13.2 Å². The lowest BCUT2D eigenvalue weighted by molar-refractivity contribution is -0.177. The Hall–Kier alpha value is 0.810. The summed E-state index contributed by atoms with van der Waals surface area (Å²) in [6.45, 7) is 1.59. The molecule has 0 N–H and O–H groups in total. The van der Waals surface area contributed by atoms with Crippen molar-refractivity contribution in [2.45, 2.75) is 73.8 Å². The minimum absolute atomic E-state index is 0.0574. The van der Waals surface area contributed by atoms with Gasteiger partial charge in [0.1, 0.15) is 0 Å². The summed E-state index contributed by atoms with van der Waals surface area (Å²) in [4.78, 5) is 0. The Kier molecular flexibility index (Phi) is 7.80. The van der Waals surface area contributed by atoms with Gasteiger partial charge in [-0.05, 0) is 25.2 Å². The quantitative estimate of drug-likeness (QED) is 0.354. The van der Waals surface area contributed by atoms with Crippen LogP contribution in [-0.4, -0.2) is 15.5 Å². The average molecular weight is 411 g/mol. The zero-order chi connectivity index (χ0) is 14.5. The molecule has 1 aliphatic rings. The molecule has 19 heavy (non-hydrogen) atoms. The molecule has 0 aromatic carbocycles. The van der Waals surface area contributed by atoms with Crippen molar-refractivity contribution in [1.29, 1.82) is 0 Å². The van der Waals surface area contributed by atoms with Gasteiger partial charge in [0.15, 0.2) is 0 Å². The van der Waals surface area contributed by atoms with Gasteiger partial charge in [-0.2, -0.15) is 13.2 Å². The van der Waals surface area contributed by atoms with Crippen LogP contribution in [0.5, 0.6) is 0 Å². The van der Waals surface area contributed by atoms with Crippen LogP contribution in [0.15, 0.2) is 0 Å². The second kappa shape index (κ2) is 8.30. The second-order valence-corrected chi connectivity index (χ2v) is 7.81. The summed E-state index contributed by atoms with van der Waals surface area (Å²) < 4.78 is 38.4. The van der Waals surface area contributed by atoms with Crippen molar-refractivity contribution in [3.63, 3.8) is 0 Å². The lowest BCUT2D eigenvalue weighted by Gasteiger charge is -2.28. The molecule has 3 unspecified atom stereocenters. The Morgan fingerprint density at radius 2 is 1.79 bits per heavy atom. The Morgan fingerprint density at radius 3 is 2.26 bits per heavy atom. The molecule has 1 rings (SSSR count). The molecule has 0 heterocycles. The van der Waals surface area contributed by atoms with Crippen LogP contribution < -0.4 is 0 Å². The van der Waals surface area contributed by atoms with E-state index in [9.17, 15) is 13.2 Å². The van der Waals surface area contributed by atoms with Gasteiger partial charge < -0.3 is 0 Å². The summed E-state index contributed by atoms with van der Waals surface area (Å²) in [5.41, 5.74) is 0. The van der Waals surface area contributed by atoms with Crippen LogP contribution in [0.2, 0.25) is 0 Å². The van der Waals surface area contributed by atoms with Crippen LogP contribution in [0.4, 0.5) is 13.2 Å². The number of rotatable bonds is 6. The van der Waals surface area contributed by atoms with Gasteiger partial charge in [0.25, 0.3) is 0 Å². The number of hydrogen-bond acceptors (Lipinski definition) is 0. The van der Waals surface area contributed by atoms with E-state index in [1.165, 1.54) is 32.1 Å². The molecular weight excluding hydrogens is 388 g/mol. The lowest BCUT2D eigenvalue weighted by Crippen LogP contribution is -2.29. The van der Waals surface area contributed by atoms with E-state index in [1.807, 2.05) is 0 Å². The third-order valence-electron chi connectivity index (χ3n) is 4.14. The maximum absolute atomic E-state index is 12.7. The van der Waals surface area contributed by atoms with Crippen LogP contribution in [-0.2, 0) is 0 Å². The summed E-state index contributed by atoms with van der Waals surface area (Å²) in [5.74, 6) is -0.582. The predicted molar refractivity (Wildman–Crippen MR) is 83.1 cm³/mol. The minimum atomic E-state index is -4.11. The molecule has 0 radical (unpaired) electrons. The topological polar surface area (TPSA) is 0 Å². The zero-order valence-electron chi connectivity index (χ0n) is 11.4. The molecule has 114 valence electrons. The number of hydrogen-bond donors (Lipinski definition) is 0. The van der Waals surface area contributed by atoms with Crippen LogP contribution in [0.1, 0.15) is 58.3 Å². The van der Waals surface area contributed by atoms with Crippen molar-refractivity contribution in [1.82, 2.24) is 0 Å². The molecule has 0 amide bonds. The molecule has 5 heteroatoms. The van der Waals surface area contributed by atoms with Gasteiger partial charge in [0.05, 0.1) is 5.92 Å². The summed E-state index contributed by atoms with van der Waals surface area (Å²) >= 11 is 8.47. The van der Waals surface area contributed by atoms with E-state index in [0.717, 1.165) is 6.42 Å². The van der Waals surface area contributed by atoms with Crippen molar-refractivity contribution >= 4 is 34.2 Å². The summed E-state index contributed by atoms with van der Waals surface area (Å²) in [6.07, 6.45) is 3.33. The first-order valence-corrected chi connectivity index (χ1v) is 8.87. The van der Waals surface area contributed by atoms with Crippen molar-refractivity contribution in [3.05, 3.63) is 0 Å². The van der Waals surface area contributed by atoms with E-state index >= 15 is 0 Å². The fourth-order valence-corrected chi connectivity index (χ4v) is 4.17. The molecule has 3 atom stereocenters. The Morgan fingerprint density at radius 1 is 1.21 bits per heavy atom. The van der Waals surface area contributed by atoms with E-state index in [4.69, 9.17) is 11.6 Å². The molecule has 0 spiro atoms. The summed E-state index contributed by atoms with van der Waals surface area (Å²) in [6, 6.07) is 0. The van der Waals surface area contributed by atoms with Gasteiger partial charge in [-0.3, -0.25) is 0 Å². The maximum Gasteiger partial charge on any atom is 0.391 e. The molecule has 1 aliphatic carbocycles. The highest BCUT2D eigenvalue weighted by Crippen LogP contribution is 2.37. The van der Waals surface area contributed by atoms with Gasteiger partial charge >= 0.3 is 6.18 Å². The first-order valence-electron chi connectivity index (χ1n) is 7.19. The van der Waals surface area contributed by atoms with E-state index < -0.39 is 12.1 Å². The number of halogens is 5. The molecule has 1 fully saturated rings. The second-order valence-electron chi connectivity index (χ2n) is 5.65. The van der Waals surface area contributed by atoms with Gasteiger partial charge in [-0.15, -0.1) is 11.6 Å². The van der Waals surface area contributed by atoms with Crippen molar-refractivity contribution in [2.24, 2.45) is 11.8 Å². The largest absolute Gasteiger partial charge is 0.391 e. The maximum atomic E-state index is 12.7. The summed E-state index contributed by atoms with van der Waals surface area (Å²) in [5, 5.41) is -0.367. The third-order valence-corrected chi connectivity index (χ3v) is 6.43. The minimum Gasteiger partial charge on any atom is -0.171 e. The van der Waals surface area contributed by atoms with Crippen LogP contribution in [0.3, 0.4) is 0 Å². The van der Waals surface area contributed by atoms with E-state index in [1.54, 1.807) is 6.92 Å². The molecular formula is C14H23ClF3I. The van der Waals surface area contributed by atoms with Crippen LogP contribution in [0.25, 0.3) is 0 Å². The van der Waals surface area contributed by atoms with Crippen molar-refractivity contribution in [3.8, 4) is 0 Å². The van der Waals surface area contributed by atoms with Crippen LogP contribution >= 0.6 is 34.2 Å². The molecule has 0 aromatic rings. The highest BCUT2D eigenvalue weighted by atomic mass is 127. The Bertz CT molecular complexity index is 252. The summed E-state index contributed by atoms with van der Waals surface area (Å²) in [7, 11) is 0. The Balaban J connectivity index is 2.40. The van der Waals surface area contributed by atoms with E-state index in [0.29, 0.717) is 5.92 Å².